The highest BCUT2D eigenvalue weighted by Gasteiger charge is 2.15. The molecule has 0 N–H and O–H groups in total. The maximum absolute atomic E-state index is 11.1. The Morgan fingerprint density at radius 2 is 1.92 bits per heavy atom. The molecular weight excluding hydrogens is 168 g/mol. The first-order valence-corrected chi connectivity index (χ1v) is 4.20. The van der Waals surface area contributed by atoms with E-state index in [1.165, 1.54) is 0 Å². The van der Waals surface area contributed by atoms with Crippen molar-refractivity contribution in [2.45, 2.75) is 39.2 Å². The minimum absolute atomic E-state index is 0.217. The van der Waals surface area contributed by atoms with Gasteiger partial charge in [-0.2, -0.15) is 0 Å². The van der Waals surface area contributed by atoms with Crippen molar-refractivity contribution in [3.8, 4) is 0 Å². The Balaban J connectivity index is 3.77. The molecule has 0 saturated carbocycles. The van der Waals surface area contributed by atoms with E-state index in [1.54, 1.807) is 20.8 Å². The van der Waals surface area contributed by atoms with E-state index in [4.69, 9.17) is 4.74 Å². The third-order valence-electron chi connectivity index (χ3n) is 1.24. The summed E-state index contributed by atoms with van der Waals surface area (Å²) in [5, 5.41) is 0. The minimum Gasteiger partial charge on any atom is -0.460 e. The lowest BCUT2D eigenvalue weighted by atomic mass is 10.1. The molecule has 0 aromatic carbocycles. The van der Waals surface area contributed by atoms with Gasteiger partial charge in [-0.15, -0.1) is 0 Å². The first-order valence-electron chi connectivity index (χ1n) is 4.20. The molecule has 13 heavy (non-hydrogen) atoms. The van der Waals surface area contributed by atoms with E-state index < -0.39 is 5.60 Å². The number of carbonyl (C=O) groups is 2. The van der Waals surface area contributed by atoms with Gasteiger partial charge >= 0.3 is 5.97 Å². The summed E-state index contributed by atoms with van der Waals surface area (Å²) in [6.07, 6.45) is 1.25. The van der Waals surface area contributed by atoms with Gasteiger partial charge in [-0.3, -0.25) is 9.59 Å². The van der Waals surface area contributed by atoms with Gasteiger partial charge in [0.05, 0.1) is 0 Å². The molecule has 0 spiro atoms. The summed E-state index contributed by atoms with van der Waals surface area (Å²) in [6, 6.07) is 0. The Morgan fingerprint density at radius 1 is 1.38 bits per heavy atom. The number of aldehydes is 1. The molecule has 0 aromatic heterocycles. The first kappa shape index (κ1) is 11.9. The average molecular weight is 184 g/mol. The minimum atomic E-state index is -0.459. The number of carbonyl (C=O) groups excluding carboxylic acids is 2. The molecule has 3 nitrogen and oxygen atoms in total. The summed E-state index contributed by atoms with van der Waals surface area (Å²) in [4.78, 5) is 21.3. The fourth-order valence-electron chi connectivity index (χ4n) is 0.714. The van der Waals surface area contributed by atoms with Crippen LogP contribution in [-0.4, -0.2) is 17.9 Å². The van der Waals surface area contributed by atoms with Crippen LogP contribution in [0.25, 0.3) is 0 Å². The van der Waals surface area contributed by atoms with Gasteiger partial charge in [-0.25, -0.2) is 0 Å². The molecule has 0 aliphatic carbocycles. The van der Waals surface area contributed by atoms with E-state index >= 15 is 0 Å². The lowest BCUT2D eigenvalue weighted by molar-refractivity contribution is -0.154. The number of hydrogen-bond acceptors (Lipinski definition) is 3. The molecule has 0 saturated heterocycles. The highest BCUT2D eigenvalue weighted by atomic mass is 16.6. The summed E-state index contributed by atoms with van der Waals surface area (Å²) in [6.45, 7) is 8.88. The number of allylic oxidation sites excluding steroid dienone is 1. The second-order valence-corrected chi connectivity index (χ2v) is 3.86. The zero-order chi connectivity index (χ0) is 10.5. The Morgan fingerprint density at radius 3 is 2.31 bits per heavy atom. The van der Waals surface area contributed by atoms with Crippen molar-refractivity contribution in [1.82, 2.24) is 0 Å². The Hall–Kier alpha value is -1.12. The van der Waals surface area contributed by atoms with Crippen molar-refractivity contribution in [3.63, 3.8) is 0 Å². The first-order chi connectivity index (χ1) is 5.85. The molecule has 3 heteroatoms. The van der Waals surface area contributed by atoms with Crippen LogP contribution >= 0.6 is 0 Å². The predicted octanol–water partition coefficient (Wildman–Crippen LogP) is 1.86. The molecule has 0 bridgehead atoms. The number of rotatable bonds is 4. The number of hydrogen-bond donors (Lipinski definition) is 0. The maximum Gasteiger partial charge on any atom is 0.306 e. The van der Waals surface area contributed by atoms with E-state index in [0.29, 0.717) is 18.3 Å². The van der Waals surface area contributed by atoms with Crippen LogP contribution in [0, 0.1) is 0 Å². The van der Waals surface area contributed by atoms with Crippen LogP contribution < -0.4 is 0 Å². The Labute approximate surface area is 78.8 Å². The topological polar surface area (TPSA) is 43.4 Å². The van der Waals surface area contributed by atoms with Crippen LogP contribution in [0.15, 0.2) is 12.2 Å². The van der Waals surface area contributed by atoms with Crippen LogP contribution in [0.1, 0.15) is 33.6 Å². The van der Waals surface area contributed by atoms with Gasteiger partial charge < -0.3 is 4.74 Å². The van der Waals surface area contributed by atoms with E-state index in [9.17, 15) is 9.59 Å². The average Bonchev–Trinajstić information content (AvgIpc) is 1.97. The predicted molar refractivity (Wildman–Crippen MR) is 50.3 cm³/mol. The van der Waals surface area contributed by atoms with Gasteiger partial charge in [0.15, 0.2) is 0 Å². The summed E-state index contributed by atoms with van der Waals surface area (Å²) in [5.74, 6) is -0.296. The lowest BCUT2D eigenvalue weighted by Crippen LogP contribution is -2.23. The molecule has 0 atom stereocenters. The Kier molecular flexibility index (Phi) is 4.38. The SMILES string of the molecule is C=C(C=O)CCC(=O)OC(C)(C)C. The summed E-state index contributed by atoms with van der Waals surface area (Å²) in [5.41, 5.74) is -0.0366. The molecule has 0 rings (SSSR count). The van der Waals surface area contributed by atoms with Crippen LogP contribution in [-0.2, 0) is 14.3 Å². The number of ether oxygens (including phenoxy) is 1. The van der Waals surface area contributed by atoms with Gasteiger partial charge in [-0.05, 0) is 32.8 Å². The van der Waals surface area contributed by atoms with Crippen LogP contribution in [0.3, 0.4) is 0 Å². The second kappa shape index (κ2) is 4.80. The zero-order valence-electron chi connectivity index (χ0n) is 8.42. The van der Waals surface area contributed by atoms with E-state index in [2.05, 4.69) is 6.58 Å². The van der Waals surface area contributed by atoms with E-state index in [-0.39, 0.29) is 12.4 Å². The molecule has 0 aliphatic rings. The highest BCUT2D eigenvalue weighted by Crippen LogP contribution is 2.10. The smallest absolute Gasteiger partial charge is 0.306 e. The molecule has 0 heterocycles. The monoisotopic (exact) mass is 184 g/mol. The van der Waals surface area contributed by atoms with Crippen molar-refractivity contribution in [2.75, 3.05) is 0 Å². The largest absolute Gasteiger partial charge is 0.460 e. The van der Waals surface area contributed by atoms with E-state index in [0.717, 1.165) is 0 Å². The van der Waals surface area contributed by atoms with Crippen molar-refractivity contribution in [1.29, 1.82) is 0 Å². The van der Waals surface area contributed by atoms with Crippen molar-refractivity contribution >= 4 is 12.3 Å². The van der Waals surface area contributed by atoms with Crippen LogP contribution in [0.2, 0.25) is 0 Å². The summed E-state index contributed by atoms with van der Waals surface area (Å²) >= 11 is 0. The van der Waals surface area contributed by atoms with Gasteiger partial charge in [0, 0.05) is 6.42 Å². The quantitative estimate of drug-likeness (QED) is 0.380. The molecular formula is C10H16O3. The van der Waals surface area contributed by atoms with E-state index in [1.807, 2.05) is 0 Å². The molecule has 0 aromatic rings. The molecule has 0 unspecified atom stereocenters. The van der Waals surface area contributed by atoms with Gasteiger partial charge in [-0.1, -0.05) is 6.58 Å². The molecule has 0 radical (unpaired) electrons. The number of esters is 1. The second-order valence-electron chi connectivity index (χ2n) is 3.86. The standard InChI is InChI=1S/C10H16O3/c1-8(7-11)5-6-9(12)13-10(2,3)4/h7H,1,5-6H2,2-4H3. The zero-order valence-corrected chi connectivity index (χ0v) is 8.42. The van der Waals surface area contributed by atoms with Gasteiger partial charge in [0.1, 0.15) is 11.9 Å². The van der Waals surface area contributed by atoms with Crippen molar-refractivity contribution < 1.29 is 14.3 Å². The molecule has 0 fully saturated rings. The highest BCUT2D eigenvalue weighted by molar-refractivity contribution is 5.75. The van der Waals surface area contributed by atoms with Crippen molar-refractivity contribution in [2.24, 2.45) is 0 Å². The van der Waals surface area contributed by atoms with Gasteiger partial charge in [0.2, 0.25) is 0 Å². The van der Waals surface area contributed by atoms with Crippen LogP contribution in [0.5, 0.6) is 0 Å². The third kappa shape index (κ3) is 7.25. The maximum atomic E-state index is 11.1. The van der Waals surface area contributed by atoms with Crippen molar-refractivity contribution in [3.05, 3.63) is 12.2 Å². The lowest BCUT2D eigenvalue weighted by Gasteiger charge is -2.19. The normalized spacial score (nSPS) is 10.7. The molecule has 74 valence electrons. The molecule has 0 amide bonds. The fraction of sp³-hybridized carbons (Fsp3) is 0.600. The Bertz CT molecular complexity index is 211. The van der Waals surface area contributed by atoms with Gasteiger partial charge in [0.25, 0.3) is 0 Å². The van der Waals surface area contributed by atoms with Crippen LogP contribution in [0.4, 0.5) is 0 Å². The molecule has 0 aliphatic heterocycles. The fourth-order valence-corrected chi connectivity index (χ4v) is 0.714. The summed E-state index contributed by atoms with van der Waals surface area (Å²) in [7, 11) is 0. The summed E-state index contributed by atoms with van der Waals surface area (Å²) < 4.78 is 5.04. The third-order valence-corrected chi connectivity index (χ3v) is 1.24.